The largest absolute Gasteiger partial charge is 0.451 e. The second-order valence-electron chi connectivity index (χ2n) is 7.23. The Balaban J connectivity index is 2.05. The summed E-state index contributed by atoms with van der Waals surface area (Å²) in [6.45, 7) is 8.57. The molecule has 0 saturated carbocycles. The fourth-order valence-electron chi connectivity index (χ4n) is 2.86. The van der Waals surface area contributed by atoms with E-state index < -0.39 is 18.5 Å². The van der Waals surface area contributed by atoms with Gasteiger partial charge in [-0.2, -0.15) is 10.5 Å². The summed E-state index contributed by atoms with van der Waals surface area (Å²) in [5.41, 5.74) is 2.94. The van der Waals surface area contributed by atoms with Gasteiger partial charge in [-0.05, 0) is 55.3 Å². The van der Waals surface area contributed by atoms with Crippen molar-refractivity contribution in [3.05, 3.63) is 45.6 Å². The fraction of sp³-hybridized carbons (Fsp3) is 0.364. The fourth-order valence-corrected chi connectivity index (χ4v) is 3.62. The van der Waals surface area contributed by atoms with E-state index >= 15 is 0 Å². The third-order valence-electron chi connectivity index (χ3n) is 4.56. The molecular weight excluding hydrogens is 400 g/mol. The number of thiophene rings is 1. The van der Waals surface area contributed by atoms with E-state index in [1.54, 1.807) is 11.4 Å². The predicted octanol–water partition coefficient (Wildman–Crippen LogP) is 4.17. The Labute approximate surface area is 180 Å². The highest BCUT2D eigenvalue weighted by atomic mass is 32.1. The van der Waals surface area contributed by atoms with E-state index in [-0.39, 0.29) is 5.57 Å². The highest BCUT2D eigenvalue weighted by Gasteiger charge is 2.16. The molecule has 2 heterocycles. The third-order valence-corrected chi connectivity index (χ3v) is 5.39. The van der Waals surface area contributed by atoms with E-state index in [0.717, 1.165) is 29.9 Å². The number of aromatic nitrogens is 1. The van der Waals surface area contributed by atoms with Gasteiger partial charge in [0, 0.05) is 17.9 Å². The van der Waals surface area contributed by atoms with Gasteiger partial charge in [0.05, 0.1) is 5.56 Å². The van der Waals surface area contributed by atoms with Crippen molar-refractivity contribution in [2.75, 3.05) is 11.9 Å². The van der Waals surface area contributed by atoms with E-state index in [0.29, 0.717) is 16.5 Å². The summed E-state index contributed by atoms with van der Waals surface area (Å²) < 4.78 is 7.14. The molecule has 8 heteroatoms. The number of hydrogen-bond acceptors (Lipinski definition) is 6. The maximum Gasteiger partial charge on any atom is 0.349 e. The number of nitrogens with zero attached hydrogens (tertiary/aromatic N) is 3. The molecule has 0 aliphatic heterocycles. The summed E-state index contributed by atoms with van der Waals surface area (Å²) >= 11 is 1.20. The molecule has 2 aromatic rings. The van der Waals surface area contributed by atoms with Gasteiger partial charge in [-0.25, -0.2) is 4.79 Å². The Bertz CT molecular complexity index is 1050. The lowest BCUT2D eigenvalue weighted by atomic mass is 10.1. The molecule has 0 bridgehead atoms. The topological polar surface area (TPSA) is 108 Å². The number of carbonyl (C=O) groups excluding carboxylic acids is 2. The molecular formula is C22H24N4O3S. The van der Waals surface area contributed by atoms with Crippen LogP contribution in [0.4, 0.5) is 5.00 Å². The molecule has 0 aromatic carbocycles. The second-order valence-corrected chi connectivity index (χ2v) is 8.15. The summed E-state index contributed by atoms with van der Waals surface area (Å²) in [5.74, 6) is -0.878. The number of carbonyl (C=O) groups is 2. The third kappa shape index (κ3) is 5.82. The van der Waals surface area contributed by atoms with Gasteiger partial charge >= 0.3 is 5.97 Å². The highest BCUT2D eigenvalue weighted by molar-refractivity contribution is 7.14. The smallest absolute Gasteiger partial charge is 0.349 e. The van der Waals surface area contributed by atoms with Gasteiger partial charge in [-0.1, -0.05) is 13.8 Å². The lowest BCUT2D eigenvalue weighted by molar-refractivity contribution is -0.142. The Kier molecular flexibility index (Phi) is 7.97. The molecule has 7 nitrogen and oxygen atoms in total. The van der Waals surface area contributed by atoms with Crippen LogP contribution in [0.15, 0.2) is 23.1 Å². The average Bonchev–Trinajstić information content (AvgIpc) is 3.26. The first kappa shape index (κ1) is 22.9. The standard InChI is InChI=1S/C22H24N4O3S/c1-14(2)5-7-26-15(3)9-18(16(26)4)10-19(12-24)22(28)29-13-20(27)25-21-17(11-23)6-8-30-21/h6,8-10,14H,5,7,13H2,1-4H3,(H,25,27)/b19-10+. The molecule has 0 aliphatic rings. The van der Waals surface area contributed by atoms with Gasteiger partial charge < -0.3 is 14.6 Å². The van der Waals surface area contributed by atoms with E-state index in [4.69, 9.17) is 10.00 Å². The van der Waals surface area contributed by atoms with Crippen LogP contribution in [0.2, 0.25) is 0 Å². The second kappa shape index (κ2) is 10.4. The first-order valence-corrected chi connectivity index (χ1v) is 10.4. The van der Waals surface area contributed by atoms with Crippen molar-refractivity contribution in [3.63, 3.8) is 0 Å². The Morgan fingerprint density at radius 1 is 1.33 bits per heavy atom. The Hall–Kier alpha value is -3.36. The Morgan fingerprint density at radius 3 is 2.70 bits per heavy atom. The summed E-state index contributed by atoms with van der Waals surface area (Å²) in [6.07, 6.45) is 2.51. The van der Waals surface area contributed by atoms with Gasteiger partial charge in [-0.15, -0.1) is 11.3 Å². The van der Waals surface area contributed by atoms with Crippen molar-refractivity contribution in [2.45, 2.75) is 40.7 Å². The van der Waals surface area contributed by atoms with E-state index in [9.17, 15) is 14.9 Å². The van der Waals surface area contributed by atoms with Gasteiger partial charge in [0.1, 0.15) is 22.7 Å². The van der Waals surface area contributed by atoms with Crippen LogP contribution in [-0.2, 0) is 20.9 Å². The molecule has 30 heavy (non-hydrogen) atoms. The Morgan fingerprint density at radius 2 is 2.07 bits per heavy atom. The zero-order valence-corrected chi connectivity index (χ0v) is 18.3. The minimum Gasteiger partial charge on any atom is -0.451 e. The van der Waals surface area contributed by atoms with Crippen LogP contribution in [0, 0.1) is 42.4 Å². The zero-order valence-electron chi connectivity index (χ0n) is 17.5. The van der Waals surface area contributed by atoms with Crippen LogP contribution < -0.4 is 5.32 Å². The summed E-state index contributed by atoms with van der Waals surface area (Å²) in [7, 11) is 0. The maximum atomic E-state index is 12.3. The van der Waals surface area contributed by atoms with Crippen LogP contribution in [0.3, 0.4) is 0 Å². The number of nitrogens with one attached hydrogen (secondary N) is 1. The molecule has 1 N–H and O–H groups in total. The molecule has 156 valence electrons. The van der Waals surface area contributed by atoms with Crippen LogP contribution in [-0.4, -0.2) is 23.1 Å². The molecule has 2 aromatic heterocycles. The van der Waals surface area contributed by atoms with Crippen LogP contribution in [0.25, 0.3) is 6.08 Å². The number of amides is 1. The highest BCUT2D eigenvalue weighted by Crippen LogP contribution is 2.22. The zero-order chi connectivity index (χ0) is 22.3. The van der Waals surface area contributed by atoms with Crippen molar-refractivity contribution in [3.8, 4) is 12.1 Å². The first-order chi connectivity index (χ1) is 14.3. The molecule has 0 unspecified atom stereocenters. The minimum absolute atomic E-state index is 0.180. The van der Waals surface area contributed by atoms with Gasteiger partial charge in [0.15, 0.2) is 6.61 Å². The number of rotatable bonds is 8. The molecule has 0 spiro atoms. The van der Waals surface area contributed by atoms with Crippen molar-refractivity contribution in [1.82, 2.24) is 4.57 Å². The SMILES string of the molecule is Cc1cc(/C=C(\C#N)C(=O)OCC(=O)Nc2sccc2C#N)c(C)n1CCC(C)C. The van der Waals surface area contributed by atoms with Crippen molar-refractivity contribution >= 4 is 34.3 Å². The number of aryl methyl sites for hydroxylation is 1. The molecule has 0 saturated heterocycles. The van der Waals surface area contributed by atoms with Gasteiger partial charge in [-0.3, -0.25) is 4.79 Å². The molecule has 0 radical (unpaired) electrons. The van der Waals surface area contributed by atoms with E-state index in [2.05, 4.69) is 23.7 Å². The number of nitriles is 2. The van der Waals surface area contributed by atoms with Crippen LogP contribution >= 0.6 is 11.3 Å². The van der Waals surface area contributed by atoms with Crippen LogP contribution in [0.1, 0.15) is 42.8 Å². The molecule has 2 rings (SSSR count). The van der Waals surface area contributed by atoms with E-state index in [1.807, 2.05) is 32.1 Å². The first-order valence-electron chi connectivity index (χ1n) is 9.49. The lowest BCUT2D eigenvalue weighted by Crippen LogP contribution is -2.21. The quantitative estimate of drug-likeness (QED) is 0.389. The predicted molar refractivity (Wildman–Crippen MR) is 116 cm³/mol. The van der Waals surface area contributed by atoms with Crippen LogP contribution in [0.5, 0.6) is 0 Å². The number of ether oxygens (including phenoxy) is 1. The maximum absolute atomic E-state index is 12.3. The van der Waals surface area contributed by atoms with Gasteiger partial charge in [0.25, 0.3) is 5.91 Å². The normalized spacial score (nSPS) is 11.1. The number of anilines is 1. The van der Waals surface area contributed by atoms with Gasteiger partial charge in [0.2, 0.25) is 0 Å². The monoisotopic (exact) mass is 424 g/mol. The van der Waals surface area contributed by atoms with Crippen molar-refractivity contribution in [2.24, 2.45) is 5.92 Å². The summed E-state index contributed by atoms with van der Waals surface area (Å²) in [5, 5.41) is 22.9. The van der Waals surface area contributed by atoms with Crippen molar-refractivity contribution in [1.29, 1.82) is 10.5 Å². The molecule has 0 fully saturated rings. The minimum atomic E-state index is -0.869. The lowest BCUT2D eigenvalue weighted by Gasteiger charge is -2.11. The molecule has 0 aliphatic carbocycles. The summed E-state index contributed by atoms with van der Waals surface area (Å²) in [6, 6.07) is 7.32. The van der Waals surface area contributed by atoms with Crippen molar-refractivity contribution < 1.29 is 14.3 Å². The molecule has 1 amide bonds. The van der Waals surface area contributed by atoms with E-state index in [1.165, 1.54) is 17.4 Å². The number of hydrogen-bond donors (Lipinski definition) is 1. The molecule has 0 atom stereocenters. The summed E-state index contributed by atoms with van der Waals surface area (Å²) in [4.78, 5) is 24.3. The number of esters is 1. The average molecular weight is 425 g/mol.